The number of benzene rings is 2. The Morgan fingerprint density at radius 2 is 0.773 bits per heavy atom. The summed E-state index contributed by atoms with van der Waals surface area (Å²) in [7, 11) is 1.00. The van der Waals surface area contributed by atoms with Gasteiger partial charge < -0.3 is 5.11 Å². The molecule has 1 N–H and O–H groups in total. The second kappa shape index (κ2) is 50.1. The van der Waals surface area contributed by atoms with Crippen LogP contribution in [0.1, 0.15) is 48.0 Å². The van der Waals surface area contributed by atoms with Crippen molar-refractivity contribution in [3.63, 3.8) is 0 Å². The maximum atomic E-state index is 7.00. The van der Waals surface area contributed by atoms with Crippen LogP contribution in [0.25, 0.3) is 0 Å². The molecular weight excluding hydrogens is 440 g/mol. The molecule has 2 heteroatoms. The van der Waals surface area contributed by atoms with Gasteiger partial charge in [0.05, 0.1) is 0 Å². The van der Waals surface area contributed by atoms with E-state index in [9.17, 15) is 0 Å². The Morgan fingerprint density at radius 3 is 0.818 bits per heavy atom. The molecule has 0 bridgehead atoms. The second-order valence-corrected chi connectivity index (χ2v) is 2.86. The van der Waals surface area contributed by atoms with E-state index in [1.54, 1.807) is 0 Å². The third-order valence-corrected chi connectivity index (χ3v) is 1.21. The summed E-state index contributed by atoms with van der Waals surface area (Å²) in [6.07, 6.45) is 1.25. The molecule has 2 aromatic rings. The summed E-state index contributed by atoms with van der Waals surface area (Å²) in [6, 6.07) is 25.0. The smallest absolute Gasteiger partial charge is 0.400 e. The van der Waals surface area contributed by atoms with E-state index in [-0.39, 0.29) is 21.1 Å². The Kier molecular flexibility index (Phi) is 74.9. The summed E-state index contributed by atoms with van der Waals surface area (Å²) in [5, 5.41) is 7.00. The van der Waals surface area contributed by atoms with Crippen molar-refractivity contribution in [1.82, 2.24) is 0 Å². The Balaban J connectivity index is -0.0000000570. The molecule has 2 rings (SSSR count). The van der Waals surface area contributed by atoms with Gasteiger partial charge in [0.1, 0.15) is 0 Å². The van der Waals surface area contributed by atoms with Gasteiger partial charge in [-0.3, -0.25) is 0 Å². The SMILES string of the molecule is CC.CC.CCC.CO.[W+2].[c-]1ccccc1.[c-]1ccccc1. The molecular formula is C20H34OW. The summed E-state index contributed by atoms with van der Waals surface area (Å²) < 4.78 is 0. The van der Waals surface area contributed by atoms with Crippen molar-refractivity contribution in [2.45, 2.75) is 48.0 Å². The van der Waals surface area contributed by atoms with Crippen molar-refractivity contribution in [1.29, 1.82) is 0 Å². The molecule has 0 saturated heterocycles. The summed E-state index contributed by atoms with van der Waals surface area (Å²) in [5.74, 6) is 0. The zero-order valence-electron chi connectivity index (χ0n) is 15.3. The van der Waals surface area contributed by atoms with Crippen molar-refractivity contribution in [3.05, 3.63) is 72.8 Å². The number of rotatable bonds is 0. The Labute approximate surface area is 154 Å². The van der Waals surface area contributed by atoms with E-state index in [1.807, 2.05) is 88.4 Å². The quantitative estimate of drug-likeness (QED) is 0.461. The van der Waals surface area contributed by atoms with E-state index in [2.05, 4.69) is 26.0 Å². The molecule has 1 nitrogen and oxygen atoms in total. The van der Waals surface area contributed by atoms with E-state index in [1.165, 1.54) is 6.42 Å². The van der Waals surface area contributed by atoms with Crippen LogP contribution >= 0.6 is 0 Å². The summed E-state index contributed by atoms with van der Waals surface area (Å²) in [5.41, 5.74) is 0. The molecule has 126 valence electrons. The number of hydrogen-bond acceptors (Lipinski definition) is 1. The standard InChI is InChI=1S/2C6H5.C3H8.2C2H6.CH4O.W/c2*1-2-4-6-5-3-1;1-3-2;3*1-2;/h2*1-5H;3H2,1-2H3;2*1-2H3;2H,1H3;/q2*-1;;;;;+2. The fourth-order valence-electron chi connectivity index (χ4n) is 0.684. The van der Waals surface area contributed by atoms with Crippen LogP contribution in [0.2, 0.25) is 0 Å². The van der Waals surface area contributed by atoms with Crippen molar-refractivity contribution in [2.24, 2.45) is 0 Å². The molecule has 0 amide bonds. The molecule has 0 aliphatic rings. The molecule has 0 fully saturated rings. The molecule has 0 atom stereocenters. The van der Waals surface area contributed by atoms with Crippen LogP contribution in [-0.4, -0.2) is 12.2 Å². The molecule has 0 radical (unpaired) electrons. The molecule has 0 aromatic heterocycles. The second-order valence-electron chi connectivity index (χ2n) is 2.86. The van der Waals surface area contributed by atoms with Crippen LogP contribution < -0.4 is 0 Å². The van der Waals surface area contributed by atoms with E-state index < -0.39 is 0 Å². The van der Waals surface area contributed by atoms with Gasteiger partial charge in [0.2, 0.25) is 0 Å². The predicted octanol–water partition coefficient (Wildman–Crippen LogP) is 6.05. The molecule has 22 heavy (non-hydrogen) atoms. The van der Waals surface area contributed by atoms with Crippen LogP contribution in [0.4, 0.5) is 0 Å². The van der Waals surface area contributed by atoms with Gasteiger partial charge in [-0.25, -0.2) is 0 Å². The Bertz CT molecular complexity index is 200. The number of aliphatic hydroxyl groups is 1. The van der Waals surface area contributed by atoms with Crippen LogP contribution in [0.5, 0.6) is 0 Å². The van der Waals surface area contributed by atoms with Crippen molar-refractivity contribution >= 4 is 0 Å². The maximum Gasteiger partial charge on any atom is 2.00 e. The minimum atomic E-state index is 0. The summed E-state index contributed by atoms with van der Waals surface area (Å²) >= 11 is 0. The Hall–Kier alpha value is -0.912. The van der Waals surface area contributed by atoms with Crippen LogP contribution in [0.3, 0.4) is 0 Å². The molecule has 0 saturated carbocycles. The van der Waals surface area contributed by atoms with Crippen LogP contribution in [-0.2, 0) is 21.1 Å². The first-order valence-corrected chi connectivity index (χ1v) is 7.68. The Morgan fingerprint density at radius 1 is 0.591 bits per heavy atom. The number of hydrogen-bond donors (Lipinski definition) is 1. The fraction of sp³-hybridized carbons (Fsp3) is 0.400. The predicted molar refractivity (Wildman–Crippen MR) is 97.4 cm³/mol. The zero-order valence-corrected chi connectivity index (χ0v) is 18.3. The van der Waals surface area contributed by atoms with Gasteiger partial charge in [0.15, 0.2) is 0 Å². The minimum absolute atomic E-state index is 0. The molecule has 2 aromatic carbocycles. The average molecular weight is 474 g/mol. The van der Waals surface area contributed by atoms with Gasteiger partial charge in [-0.1, -0.05) is 48.0 Å². The third kappa shape index (κ3) is 50.8. The third-order valence-electron chi connectivity index (χ3n) is 1.21. The van der Waals surface area contributed by atoms with Gasteiger partial charge in [-0.15, -0.1) is 0 Å². The minimum Gasteiger partial charge on any atom is -0.400 e. The molecule has 0 heterocycles. The first-order chi connectivity index (χ1) is 10.4. The zero-order chi connectivity index (χ0) is 17.2. The monoisotopic (exact) mass is 474 g/mol. The van der Waals surface area contributed by atoms with Crippen molar-refractivity contribution < 1.29 is 26.2 Å². The molecule has 0 aliphatic heterocycles. The molecule has 0 spiro atoms. The van der Waals surface area contributed by atoms with Crippen LogP contribution in [0, 0.1) is 12.1 Å². The van der Waals surface area contributed by atoms with Crippen molar-refractivity contribution in [3.8, 4) is 0 Å². The normalized spacial score (nSPS) is 6.00. The summed E-state index contributed by atoms with van der Waals surface area (Å²) in [6.45, 7) is 12.2. The fourth-order valence-corrected chi connectivity index (χ4v) is 0.684. The van der Waals surface area contributed by atoms with Gasteiger partial charge in [-0.05, 0) is 0 Å². The largest absolute Gasteiger partial charge is 2.00 e. The van der Waals surface area contributed by atoms with Gasteiger partial charge in [0, 0.05) is 7.11 Å². The average Bonchev–Trinajstić information content (AvgIpc) is 2.64. The van der Waals surface area contributed by atoms with Crippen molar-refractivity contribution in [2.75, 3.05) is 7.11 Å². The number of aliphatic hydroxyl groups excluding tert-OH is 1. The first-order valence-electron chi connectivity index (χ1n) is 7.68. The van der Waals surface area contributed by atoms with E-state index in [4.69, 9.17) is 5.11 Å². The van der Waals surface area contributed by atoms with Gasteiger partial charge >= 0.3 is 21.1 Å². The van der Waals surface area contributed by atoms with Gasteiger partial charge in [-0.2, -0.15) is 72.8 Å². The van der Waals surface area contributed by atoms with E-state index in [0.29, 0.717) is 0 Å². The van der Waals surface area contributed by atoms with Gasteiger partial charge in [0.25, 0.3) is 0 Å². The molecule has 0 aliphatic carbocycles. The topological polar surface area (TPSA) is 20.2 Å². The molecule has 0 unspecified atom stereocenters. The van der Waals surface area contributed by atoms with E-state index >= 15 is 0 Å². The van der Waals surface area contributed by atoms with E-state index in [0.717, 1.165) is 7.11 Å². The summed E-state index contributed by atoms with van der Waals surface area (Å²) in [4.78, 5) is 0. The first kappa shape index (κ1) is 32.9. The van der Waals surface area contributed by atoms with Crippen LogP contribution in [0.15, 0.2) is 60.7 Å². The maximum absolute atomic E-state index is 7.00.